The van der Waals surface area contributed by atoms with Crippen molar-refractivity contribution in [2.75, 3.05) is 25.5 Å². The van der Waals surface area contributed by atoms with E-state index in [9.17, 15) is 4.79 Å². The summed E-state index contributed by atoms with van der Waals surface area (Å²) in [6.45, 7) is 0.745. The summed E-state index contributed by atoms with van der Waals surface area (Å²) in [6.07, 6.45) is 6.64. The van der Waals surface area contributed by atoms with Crippen molar-refractivity contribution in [1.29, 1.82) is 0 Å². The van der Waals surface area contributed by atoms with Gasteiger partial charge in [-0.25, -0.2) is 0 Å². The molecule has 1 aromatic rings. The maximum atomic E-state index is 11.1. The van der Waals surface area contributed by atoms with Gasteiger partial charge in [-0.3, -0.25) is 9.78 Å². The van der Waals surface area contributed by atoms with Crippen LogP contribution >= 0.6 is 0 Å². The molecule has 1 amide bonds. The first-order valence-electron chi connectivity index (χ1n) is 5.47. The predicted molar refractivity (Wildman–Crippen MR) is 63.3 cm³/mol. The molecule has 1 heterocycles. The molecular formula is C12H17N3O. The van der Waals surface area contributed by atoms with Crippen molar-refractivity contribution in [2.45, 2.75) is 18.4 Å². The molecular weight excluding hydrogens is 202 g/mol. The van der Waals surface area contributed by atoms with Gasteiger partial charge in [0.25, 0.3) is 0 Å². The van der Waals surface area contributed by atoms with E-state index in [1.54, 1.807) is 17.3 Å². The number of aromatic nitrogens is 1. The van der Waals surface area contributed by atoms with E-state index in [4.69, 9.17) is 0 Å². The van der Waals surface area contributed by atoms with Crippen LogP contribution in [0.3, 0.4) is 0 Å². The smallest absolute Gasteiger partial charge is 0.214 e. The molecule has 0 bridgehead atoms. The van der Waals surface area contributed by atoms with Gasteiger partial charge in [-0.2, -0.15) is 0 Å². The number of amides is 1. The van der Waals surface area contributed by atoms with E-state index in [0.29, 0.717) is 0 Å². The summed E-state index contributed by atoms with van der Waals surface area (Å²) in [7, 11) is 4.14. The Hall–Kier alpha value is -1.42. The van der Waals surface area contributed by atoms with Crippen molar-refractivity contribution in [1.82, 2.24) is 9.88 Å². The fraction of sp³-hybridized carbons (Fsp3) is 0.500. The molecule has 0 saturated heterocycles. The van der Waals surface area contributed by atoms with E-state index in [1.807, 2.05) is 12.1 Å². The first-order valence-corrected chi connectivity index (χ1v) is 5.47. The second kappa shape index (κ2) is 4.22. The summed E-state index contributed by atoms with van der Waals surface area (Å²) < 4.78 is 0. The monoisotopic (exact) mass is 219 g/mol. The standard InChI is InChI=1S/C12H17N3O/c1-14(2)12(5-6-12)9-15(10-16)11-4-3-7-13-8-11/h3-4,7-8,10H,5-6,9H2,1-2H3. The summed E-state index contributed by atoms with van der Waals surface area (Å²) >= 11 is 0. The molecule has 86 valence electrons. The number of pyridine rings is 1. The first-order chi connectivity index (χ1) is 7.68. The molecule has 4 nitrogen and oxygen atoms in total. The number of hydrogen-bond donors (Lipinski definition) is 0. The molecule has 1 aromatic heterocycles. The Morgan fingerprint density at radius 3 is 2.69 bits per heavy atom. The molecule has 0 unspecified atom stereocenters. The van der Waals surface area contributed by atoms with Gasteiger partial charge in [-0.15, -0.1) is 0 Å². The van der Waals surface area contributed by atoms with Gasteiger partial charge in [0.15, 0.2) is 0 Å². The fourth-order valence-corrected chi connectivity index (χ4v) is 1.92. The third-order valence-electron chi connectivity index (χ3n) is 3.35. The van der Waals surface area contributed by atoms with Crippen LogP contribution in [0.4, 0.5) is 5.69 Å². The number of rotatable bonds is 5. The highest BCUT2D eigenvalue weighted by atomic mass is 16.1. The predicted octanol–water partition coefficient (Wildman–Crippen LogP) is 1.14. The molecule has 0 aliphatic heterocycles. The van der Waals surface area contributed by atoms with Crippen LogP contribution in [-0.2, 0) is 4.79 Å². The van der Waals surface area contributed by atoms with Crippen LogP contribution in [0, 0.1) is 0 Å². The topological polar surface area (TPSA) is 36.4 Å². The maximum Gasteiger partial charge on any atom is 0.214 e. The Labute approximate surface area is 95.9 Å². The van der Waals surface area contributed by atoms with Crippen LogP contribution in [0.5, 0.6) is 0 Å². The maximum absolute atomic E-state index is 11.1. The number of nitrogens with zero attached hydrogens (tertiary/aromatic N) is 3. The van der Waals surface area contributed by atoms with Crippen LogP contribution in [0.1, 0.15) is 12.8 Å². The van der Waals surface area contributed by atoms with E-state index in [-0.39, 0.29) is 5.54 Å². The molecule has 2 rings (SSSR count). The molecule has 1 aliphatic rings. The van der Waals surface area contributed by atoms with E-state index in [0.717, 1.165) is 31.5 Å². The van der Waals surface area contributed by atoms with Crippen molar-refractivity contribution in [3.05, 3.63) is 24.5 Å². The van der Waals surface area contributed by atoms with E-state index >= 15 is 0 Å². The zero-order chi connectivity index (χ0) is 11.6. The molecule has 0 N–H and O–H groups in total. The number of hydrogen-bond acceptors (Lipinski definition) is 3. The van der Waals surface area contributed by atoms with Gasteiger partial charge in [0.05, 0.1) is 11.9 Å². The number of carbonyl (C=O) groups excluding carboxylic acids is 1. The van der Waals surface area contributed by atoms with E-state index in [1.165, 1.54) is 0 Å². The molecule has 1 fully saturated rings. The summed E-state index contributed by atoms with van der Waals surface area (Å²) in [4.78, 5) is 19.1. The van der Waals surface area contributed by atoms with Crippen molar-refractivity contribution >= 4 is 12.1 Å². The van der Waals surface area contributed by atoms with Gasteiger partial charge in [-0.05, 0) is 39.1 Å². The summed E-state index contributed by atoms with van der Waals surface area (Å²) in [5, 5.41) is 0. The van der Waals surface area contributed by atoms with Gasteiger partial charge in [0.1, 0.15) is 0 Å². The van der Waals surface area contributed by atoms with Gasteiger partial charge >= 0.3 is 0 Å². The highest BCUT2D eigenvalue weighted by Crippen LogP contribution is 2.41. The molecule has 1 aliphatic carbocycles. The Morgan fingerprint density at radius 1 is 1.50 bits per heavy atom. The van der Waals surface area contributed by atoms with Gasteiger partial charge < -0.3 is 9.80 Å². The Kier molecular flexibility index (Phi) is 2.92. The minimum absolute atomic E-state index is 0.177. The second-order valence-electron chi connectivity index (χ2n) is 4.56. The van der Waals surface area contributed by atoms with Crippen molar-refractivity contribution < 1.29 is 4.79 Å². The molecule has 0 spiro atoms. The molecule has 1 saturated carbocycles. The van der Waals surface area contributed by atoms with Crippen molar-refractivity contribution in [3.63, 3.8) is 0 Å². The lowest BCUT2D eigenvalue weighted by atomic mass is 10.2. The number of likely N-dealkylation sites (N-methyl/N-ethyl adjacent to an activating group) is 1. The lowest BCUT2D eigenvalue weighted by molar-refractivity contribution is -0.107. The average molecular weight is 219 g/mol. The zero-order valence-electron chi connectivity index (χ0n) is 9.76. The molecule has 16 heavy (non-hydrogen) atoms. The summed E-state index contributed by atoms with van der Waals surface area (Å²) in [5.41, 5.74) is 1.04. The minimum atomic E-state index is 0.177. The first kappa shape index (κ1) is 11.1. The number of carbonyl (C=O) groups is 1. The highest BCUT2D eigenvalue weighted by Gasteiger charge is 2.46. The summed E-state index contributed by atoms with van der Waals surface area (Å²) in [6, 6.07) is 3.76. The largest absolute Gasteiger partial charge is 0.312 e. The Morgan fingerprint density at radius 2 is 2.25 bits per heavy atom. The third-order valence-corrected chi connectivity index (χ3v) is 3.35. The molecule has 0 aromatic carbocycles. The molecule has 4 heteroatoms. The number of anilines is 1. The molecule has 0 atom stereocenters. The van der Waals surface area contributed by atoms with Crippen LogP contribution in [0.2, 0.25) is 0 Å². The fourth-order valence-electron chi connectivity index (χ4n) is 1.92. The van der Waals surface area contributed by atoms with Gasteiger partial charge in [0, 0.05) is 18.3 Å². The highest BCUT2D eigenvalue weighted by molar-refractivity contribution is 5.74. The van der Waals surface area contributed by atoms with Crippen LogP contribution in [-0.4, -0.2) is 42.5 Å². The third kappa shape index (κ3) is 2.07. The lowest BCUT2D eigenvalue weighted by Crippen LogP contribution is -2.42. The average Bonchev–Trinajstić information content (AvgIpc) is 3.08. The second-order valence-corrected chi connectivity index (χ2v) is 4.56. The lowest BCUT2D eigenvalue weighted by Gasteiger charge is -2.29. The summed E-state index contributed by atoms with van der Waals surface area (Å²) in [5.74, 6) is 0. The van der Waals surface area contributed by atoms with Crippen molar-refractivity contribution in [3.8, 4) is 0 Å². The van der Waals surface area contributed by atoms with Crippen molar-refractivity contribution in [2.24, 2.45) is 0 Å². The van der Waals surface area contributed by atoms with E-state index in [2.05, 4.69) is 24.0 Å². The normalized spacial score (nSPS) is 17.2. The Bertz CT molecular complexity index is 360. The van der Waals surface area contributed by atoms with Crippen LogP contribution in [0.15, 0.2) is 24.5 Å². The van der Waals surface area contributed by atoms with Crippen LogP contribution < -0.4 is 4.90 Å². The molecule has 0 radical (unpaired) electrons. The minimum Gasteiger partial charge on any atom is -0.312 e. The van der Waals surface area contributed by atoms with E-state index < -0.39 is 0 Å². The quantitative estimate of drug-likeness (QED) is 0.697. The van der Waals surface area contributed by atoms with Crippen LogP contribution in [0.25, 0.3) is 0 Å². The Balaban J connectivity index is 2.10. The zero-order valence-corrected chi connectivity index (χ0v) is 9.76. The van der Waals surface area contributed by atoms with Gasteiger partial charge in [-0.1, -0.05) is 0 Å². The SMILES string of the molecule is CN(C)C1(CN(C=O)c2cccnc2)CC1. The van der Waals surface area contributed by atoms with Gasteiger partial charge in [0.2, 0.25) is 6.41 Å².